The number of aromatic nitrogens is 3. The summed E-state index contributed by atoms with van der Waals surface area (Å²) in [5, 5.41) is 55.2. The number of aromatic hydroxyl groups is 2. The minimum absolute atomic E-state index is 0.0287. The predicted octanol–water partition coefficient (Wildman–Crippen LogP) is 3.40. The highest BCUT2D eigenvalue weighted by atomic mass is 16.6. The molecule has 0 aliphatic carbocycles. The van der Waals surface area contributed by atoms with Crippen LogP contribution in [0.3, 0.4) is 0 Å². The normalized spacial score (nSPS) is 19.6. The molecular formula is C34H39N5O7. The Morgan fingerprint density at radius 2 is 1.61 bits per heavy atom. The zero-order valence-electron chi connectivity index (χ0n) is 26.1. The number of rotatable bonds is 9. The van der Waals surface area contributed by atoms with Crippen LogP contribution in [0.25, 0.3) is 17.1 Å². The number of carbonyl (C=O) groups excluding carboxylic acids is 2. The van der Waals surface area contributed by atoms with E-state index in [1.807, 2.05) is 50.2 Å². The van der Waals surface area contributed by atoms with Crippen molar-refractivity contribution in [3.63, 3.8) is 0 Å². The average molecular weight is 630 g/mol. The molecule has 6 N–H and O–H groups in total. The quantitative estimate of drug-likeness (QED) is 0.162. The van der Waals surface area contributed by atoms with Crippen LogP contribution in [0.5, 0.6) is 11.5 Å². The number of phenols is 2. The Morgan fingerprint density at radius 3 is 2.24 bits per heavy atom. The molecule has 4 atom stereocenters. The van der Waals surface area contributed by atoms with Crippen LogP contribution in [0.2, 0.25) is 0 Å². The molecule has 0 spiro atoms. The SMILES string of the molecule is CCNC(=O)c1nnc(-c2cc(C(C)C)c(O)cc2O)n1-c1ccc(Cc2ccc(C(=O)NC3CC(O)OC(C)C3O)cc2)cc1. The lowest BCUT2D eigenvalue weighted by Gasteiger charge is -2.36. The van der Waals surface area contributed by atoms with E-state index in [-0.39, 0.29) is 41.4 Å². The molecule has 3 aromatic carbocycles. The summed E-state index contributed by atoms with van der Waals surface area (Å²) in [5.41, 5.74) is 3.91. The third-order valence-corrected chi connectivity index (χ3v) is 8.07. The van der Waals surface area contributed by atoms with Crippen molar-refractivity contribution in [2.24, 2.45) is 0 Å². The van der Waals surface area contributed by atoms with Crippen LogP contribution < -0.4 is 10.6 Å². The van der Waals surface area contributed by atoms with Crippen molar-refractivity contribution in [3.05, 3.63) is 88.7 Å². The number of ether oxygens (including phenoxy) is 1. The number of nitrogens with zero attached hydrogens (tertiary/aromatic N) is 3. The van der Waals surface area contributed by atoms with Gasteiger partial charge >= 0.3 is 0 Å². The number of benzene rings is 3. The van der Waals surface area contributed by atoms with E-state index in [4.69, 9.17) is 4.74 Å². The predicted molar refractivity (Wildman–Crippen MR) is 170 cm³/mol. The van der Waals surface area contributed by atoms with Crippen molar-refractivity contribution in [3.8, 4) is 28.6 Å². The zero-order chi connectivity index (χ0) is 33.1. The van der Waals surface area contributed by atoms with Gasteiger partial charge in [0.1, 0.15) is 17.6 Å². The summed E-state index contributed by atoms with van der Waals surface area (Å²) >= 11 is 0. The Labute approximate surface area is 266 Å². The largest absolute Gasteiger partial charge is 0.508 e. The van der Waals surface area contributed by atoms with Crippen LogP contribution in [-0.4, -0.2) is 78.1 Å². The number of aliphatic hydroxyl groups excluding tert-OH is 2. The van der Waals surface area contributed by atoms with Crippen molar-refractivity contribution in [2.75, 3.05) is 6.54 Å². The van der Waals surface area contributed by atoms with Gasteiger partial charge in [0.25, 0.3) is 11.8 Å². The first-order valence-corrected chi connectivity index (χ1v) is 15.3. The van der Waals surface area contributed by atoms with Gasteiger partial charge in [0.2, 0.25) is 5.82 Å². The lowest BCUT2D eigenvalue weighted by Crippen LogP contribution is -2.54. The highest BCUT2D eigenvalue weighted by Gasteiger charge is 2.35. The van der Waals surface area contributed by atoms with Crippen molar-refractivity contribution < 1.29 is 34.8 Å². The van der Waals surface area contributed by atoms with E-state index in [0.717, 1.165) is 11.1 Å². The first kappa shape index (κ1) is 32.6. The van der Waals surface area contributed by atoms with Gasteiger partial charge in [-0.3, -0.25) is 14.2 Å². The van der Waals surface area contributed by atoms with E-state index in [9.17, 15) is 30.0 Å². The number of aliphatic hydroxyl groups is 2. The second-order valence-electron chi connectivity index (χ2n) is 11.8. The molecule has 0 radical (unpaired) electrons. The van der Waals surface area contributed by atoms with Crippen LogP contribution in [0.15, 0.2) is 60.7 Å². The average Bonchev–Trinajstić information content (AvgIpc) is 3.45. The van der Waals surface area contributed by atoms with Crippen molar-refractivity contribution in [1.82, 2.24) is 25.4 Å². The monoisotopic (exact) mass is 629 g/mol. The zero-order valence-corrected chi connectivity index (χ0v) is 26.1. The van der Waals surface area contributed by atoms with Crippen molar-refractivity contribution >= 4 is 11.8 Å². The summed E-state index contributed by atoms with van der Waals surface area (Å²) in [4.78, 5) is 25.8. The highest BCUT2D eigenvalue weighted by Crippen LogP contribution is 2.38. The van der Waals surface area contributed by atoms with Gasteiger partial charge < -0.3 is 35.8 Å². The maximum absolute atomic E-state index is 12.9. The standard InChI is InChI=1S/C34H39N5O7/c1-5-35-34(45)32-38-37-31(25-15-24(18(2)3)27(40)17-28(25)41)39(32)23-12-8-21(9-13-23)14-20-6-10-22(11-7-20)33(44)36-26-16-29(42)46-19(4)30(26)43/h6-13,15,17-19,26,29-30,40-43H,5,14,16H2,1-4H3,(H,35,45)(H,36,44). The fraction of sp³-hybridized carbons (Fsp3) is 0.353. The number of nitrogens with one attached hydrogen (secondary N) is 2. The lowest BCUT2D eigenvalue weighted by atomic mass is 9.98. The Hall–Kier alpha value is -4.78. The first-order chi connectivity index (χ1) is 22.0. The number of hydrogen-bond donors (Lipinski definition) is 6. The van der Waals surface area contributed by atoms with Gasteiger partial charge in [-0.2, -0.15) is 0 Å². The van der Waals surface area contributed by atoms with Crippen molar-refractivity contribution in [2.45, 2.75) is 71.0 Å². The molecule has 1 aliphatic heterocycles. The van der Waals surface area contributed by atoms with E-state index in [2.05, 4.69) is 20.8 Å². The van der Waals surface area contributed by atoms with Crippen LogP contribution in [0, 0.1) is 0 Å². The van der Waals surface area contributed by atoms with Gasteiger partial charge in [-0.15, -0.1) is 10.2 Å². The van der Waals surface area contributed by atoms with Gasteiger partial charge in [0.15, 0.2) is 12.1 Å². The molecule has 2 amide bonds. The maximum Gasteiger partial charge on any atom is 0.289 e. The molecule has 12 nitrogen and oxygen atoms in total. The number of hydrogen-bond acceptors (Lipinski definition) is 9. The Balaban J connectivity index is 1.36. The second-order valence-corrected chi connectivity index (χ2v) is 11.8. The van der Waals surface area contributed by atoms with E-state index in [1.165, 1.54) is 6.07 Å². The molecule has 242 valence electrons. The lowest BCUT2D eigenvalue weighted by molar-refractivity contribution is -0.201. The maximum atomic E-state index is 12.9. The summed E-state index contributed by atoms with van der Waals surface area (Å²) < 4.78 is 6.78. The molecular weight excluding hydrogens is 590 g/mol. The minimum Gasteiger partial charge on any atom is -0.508 e. The topological polar surface area (TPSA) is 179 Å². The molecule has 1 aliphatic rings. The van der Waals surface area contributed by atoms with Crippen molar-refractivity contribution in [1.29, 1.82) is 0 Å². The molecule has 0 saturated carbocycles. The van der Waals surface area contributed by atoms with Gasteiger partial charge in [-0.1, -0.05) is 38.1 Å². The summed E-state index contributed by atoms with van der Waals surface area (Å²) in [5.74, 6) is -0.726. The van der Waals surface area contributed by atoms with Gasteiger partial charge in [0.05, 0.1) is 17.7 Å². The van der Waals surface area contributed by atoms with Crippen LogP contribution >= 0.6 is 0 Å². The number of amides is 2. The smallest absolute Gasteiger partial charge is 0.289 e. The molecule has 1 aromatic heterocycles. The third kappa shape index (κ3) is 6.89. The Bertz CT molecular complexity index is 1700. The van der Waals surface area contributed by atoms with Crippen LogP contribution in [-0.2, 0) is 11.2 Å². The minimum atomic E-state index is -1.05. The van der Waals surface area contributed by atoms with Gasteiger partial charge in [-0.25, -0.2) is 0 Å². The summed E-state index contributed by atoms with van der Waals surface area (Å²) in [6.45, 7) is 7.68. The molecule has 2 heterocycles. The molecule has 0 bridgehead atoms. The van der Waals surface area contributed by atoms with E-state index >= 15 is 0 Å². The molecule has 4 aromatic rings. The van der Waals surface area contributed by atoms with E-state index < -0.39 is 30.4 Å². The Morgan fingerprint density at radius 1 is 0.957 bits per heavy atom. The van der Waals surface area contributed by atoms with Crippen LogP contribution in [0.1, 0.15) is 77.7 Å². The fourth-order valence-electron chi connectivity index (χ4n) is 5.56. The fourth-order valence-corrected chi connectivity index (χ4v) is 5.56. The molecule has 4 unspecified atom stereocenters. The van der Waals surface area contributed by atoms with E-state index in [1.54, 1.807) is 36.6 Å². The molecule has 1 saturated heterocycles. The first-order valence-electron chi connectivity index (χ1n) is 15.3. The number of carbonyl (C=O) groups is 2. The molecule has 5 rings (SSSR count). The highest BCUT2D eigenvalue weighted by molar-refractivity contribution is 5.94. The molecule has 46 heavy (non-hydrogen) atoms. The van der Waals surface area contributed by atoms with Crippen LogP contribution in [0.4, 0.5) is 0 Å². The number of phenolic OH excluding ortho intramolecular Hbond substituents is 2. The van der Waals surface area contributed by atoms with E-state index in [0.29, 0.717) is 35.3 Å². The Kier molecular flexibility index (Phi) is 9.71. The summed E-state index contributed by atoms with van der Waals surface area (Å²) in [6, 6.07) is 16.9. The summed E-state index contributed by atoms with van der Waals surface area (Å²) in [6.07, 6.45) is -1.91. The molecule has 1 fully saturated rings. The van der Waals surface area contributed by atoms with Gasteiger partial charge in [-0.05, 0) is 73.2 Å². The third-order valence-electron chi connectivity index (χ3n) is 8.07. The second kappa shape index (κ2) is 13.7. The molecule has 12 heteroatoms. The summed E-state index contributed by atoms with van der Waals surface area (Å²) in [7, 11) is 0. The van der Waals surface area contributed by atoms with Gasteiger partial charge in [0, 0.05) is 30.3 Å².